The highest BCUT2D eigenvalue weighted by Gasteiger charge is 2.47. The number of benzene rings is 1. The Morgan fingerprint density at radius 1 is 0.982 bits per heavy atom. The molecule has 0 spiro atoms. The Kier molecular flexibility index (Phi) is 19.5. The first kappa shape index (κ1) is 45.1. The standard InChI is InChI=1S/C41H61N6O8P/c1-3-4-5-6-7-8-9-10-11-12-13-14-15-16-17-18-23-51-29-36(52-28-34-24-33(27-42)25-35(26-34)50-2)30-53-56(48,49)55-39-21-22-41(31-43,54-39)38-20-19-37-40(44)45-32-46-47(37)38/h19-20,24-26,32,36,39H,3-18,21-23,28-30H2,1-2H3,(H,48,49)(H2,44,45,46)/t36-,39-,41+/m1/s1. The SMILES string of the molecule is CCCCCCCCCCCCCCCCCCOC[C@H](COP(=O)(O)O[C@@H]1CC[C@](C#N)(c2ccc3c(N)ncnn23)O1)OCc1cc(C#N)cc(OC)c1. The van der Waals surface area contributed by atoms with Gasteiger partial charge in [0, 0.05) is 19.4 Å². The van der Waals surface area contributed by atoms with E-state index in [0.717, 1.165) is 19.3 Å². The Morgan fingerprint density at radius 3 is 2.27 bits per heavy atom. The molecule has 0 radical (unpaired) electrons. The largest absolute Gasteiger partial charge is 0.497 e. The van der Waals surface area contributed by atoms with Crippen LogP contribution < -0.4 is 10.5 Å². The lowest BCUT2D eigenvalue weighted by molar-refractivity contribution is -0.120. The molecule has 0 amide bonds. The van der Waals surface area contributed by atoms with Crippen LogP contribution in [0.1, 0.15) is 139 Å². The van der Waals surface area contributed by atoms with E-state index < -0.39 is 25.8 Å². The molecule has 4 rings (SSSR count). The van der Waals surface area contributed by atoms with Crippen LogP contribution >= 0.6 is 7.82 Å². The monoisotopic (exact) mass is 796 g/mol. The number of nitrogen functional groups attached to an aromatic ring is 1. The van der Waals surface area contributed by atoms with Gasteiger partial charge in [-0.15, -0.1) is 0 Å². The number of methoxy groups -OCH3 is 1. The number of ether oxygens (including phenoxy) is 4. The Balaban J connectivity index is 1.19. The zero-order chi connectivity index (χ0) is 40.1. The zero-order valence-electron chi connectivity index (χ0n) is 33.2. The summed E-state index contributed by atoms with van der Waals surface area (Å²) in [6, 6.07) is 12.7. The average Bonchev–Trinajstić information content (AvgIpc) is 3.83. The van der Waals surface area contributed by atoms with Gasteiger partial charge >= 0.3 is 7.82 Å². The molecule has 1 aliphatic heterocycles. The summed E-state index contributed by atoms with van der Waals surface area (Å²) in [6.45, 7) is 2.64. The van der Waals surface area contributed by atoms with Gasteiger partial charge < -0.3 is 29.6 Å². The lowest BCUT2D eigenvalue weighted by Gasteiger charge is -2.23. The van der Waals surface area contributed by atoms with E-state index in [4.69, 9.17) is 33.7 Å². The van der Waals surface area contributed by atoms with E-state index in [9.17, 15) is 20.0 Å². The summed E-state index contributed by atoms with van der Waals surface area (Å²) in [5.41, 5.74) is 6.46. The van der Waals surface area contributed by atoms with Crippen LogP contribution in [0.25, 0.3) is 5.52 Å². The lowest BCUT2D eigenvalue weighted by atomic mass is 9.98. The maximum Gasteiger partial charge on any atom is 0.474 e. The molecular formula is C41H61N6O8P. The predicted molar refractivity (Wildman–Crippen MR) is 212 cm³/mol. The van der Waals surface area contributed by atoms with Crippen LogP contribution in [0.15, 0.2) is 36.7 Å². The van der Waals surface area contributed by atoms with Crippen molar-refractivity contribution in [2.45, 2.75) is 147 Å². The Labute approximate surface area is 332 Å². The van der Waals surface area contributed by atoms with Crippen LogP contribution in [0.3, 0.4) is 0 Å². The molecule has 0 saturated carbocycles. The van der Waals surface area contributed by atoms with Gasteiger partial charge in [0.25, 0.3) is 0 Å². The van der Waals surface area contributed by atoms with Crippen molar-refractivity contribution in [3.8, 4) is 17.9 Å². The van der Waals surface area contributed by atoms with Crippen LogP contribution in [-0.2, 0) is 40.0 Å². The molecule has 1 fully saturated rings. The number of hydrogen-bond acceptors (Lipinski definition) is 12. The molecule has 1 aromatic carbocycles. The van der Waals surface area contributed by atoms with Crippen molar-refractivity contribution < 1.29 is 37.5 Å². The maximum atomic E-state index is 13.2. The Bertz CT molecular complexity index is 1740. The van der Waals surface area contributed by atoms with Gasteiger partial charge in [0.05, 0.1) is 44.3 Å². The van der Waals surface area contributed by atoms with Crippen molar-refractivity contribution in [1.82, 2.24) is 14.6 Å². The average molecular weight is 797 g/mol. The van der Waals surface area contributed by atoms with E-state index in [1.54, 1.807) is 30.3 Å². The number of nitriles is 2. The third-order valence-corrected chi connectivity index (χ3v) is 11.1. The van der Waals surface area contributed by atoms with Crippen molar-refractivity contribution in [2.75, 3.05) is 32.7 Å². The van der Waals surface area contributed by atoms with E-state index in [0.29, 0.717) is 34.7 Å². The highest BCUT2D eigenvalue weighted by atomic mass is 31.2. The van der Waals surface area contributed by atoms with E-state index in [1.165, 1.54) is 101 Å². The van der Waals surface area contributed by atoms with Gasteiger partial charge in [-0.05, 0) is 42.3 Å². The minimum absolute atomic E-state index is 0.0780. The van der Waals surface area contributed by atoms with Crippen molar-refractivity contribution in [1.29, 1.82) is 10.5 Å². The summed E-state index contributed by atoms with van der Waals surface area (Å²) >= 11 is 0. The van der Waals surface area contributed by atoms with Gasteiger partial charge in [-0.25, -0.2) is 14.1 Å². The summed E-state index contributed by atoms with van der Waals surface area (Å²) in [5.74, 6) is 0.749. The first-order chi connectivity index (χ1) is 27.2. The molecule has 3 aromatic rings. The molecule has 1 unspecified atom stereocenters. The molecule has 2 aromatic heterocycles. The van der Waals surface area contributed by atoms with Crippen LogP contribution in [0.5, 0.6) is 5.75 Å². The zero-order valence-corrected chi connectivity index (χ0v) is 34.1. The molecule has 1 saturated heterocycles. The molecule has 4 atom stereocenters. The molecule has 0 aliphatic carbocycles. The number of anilines is 1. The van der Waals surface area contributed by atoms with Crippen LogP contribution in [0, 0.1) is 22.7 Å². The molecule has 3 N–H and O–H groups in total. The van der Waals surface area contributed by atoms with E-state index >= 15 is 0 Å². The highest BCUT2D eigenvalue weighted by molar-refractivity contribution is 7.47. The minimum atomic E-state index is -4.68. The molecule has 308 valence electrons. The minimum Gasteiger partial charge on any atom is -0.497 e. The number of fused-ring (bicyclic) bond motifs is 1. The number of nitrogens with two attached hydrogens (primary N) is 1. The lowest BCUT2D eigenvalue weighted by Crippen LogP contribution is -2.28. The van der Waals surface area contributed by atoms with Gasteiger partial charge in [0.15, 0.2) is 17.7 Å². The summed E-state index contributed by atoms with van der Waals surface area (Å²) in [4.78, 5) is 14.7. The van der Waals surface area contributed by atoms with Gasteiger partial charge in [0.1, 0.15) is 29.8 Å². The molecule has 1 aliphatic rings. The highest BCUT2D eigenvalue weighted by Crippen LogP contribution is 2.50. The summed E-state index contributed by atoms with van der Waals surface area (Å²) in [6.07, 6.45) is 20.2. The molecule has 15 heteroatoms. The number of phosphoric acid groups is 1. The number of unbranched alkanes of at least 4 members (excludes halogenated alkanes) is 15. The van der Waals surface area contributed by atoms with Crippen molar-refractivity contribution in [3.05, 3.63) is 53.5 Å². The fraction of sp³-hybridized carbons (Fsp3) is 0.659. The smallest absolute Gasteiger partial charge is 0.474 e. The third kappa shape index (κ3) is 14.7. The summed E-state index contributed by atoms with van der Waals surface area (Å²) in [7, 11) is -3.16. The van der Waals surface area contributed by atoms with Crippen molar-refractivity contribution in [2.24, 2.45) is 0 Å². The van der Waals surface area contributed by atoms with Crippen LogP contribution in [-0.4, -0.2) is 58.8 Å². The maximum absolute atomic E-state index is 13.2. The normalized spacial score (nSPS) is 18.4. The van der Waals surface area contributed by atoms with Gasteiger partial charge in [-0.2, -0.15) is 15.6 Å². The second-order valence-electron chi connectivity index (χ2n) is 14.5. The quantitative estimate of drug-likeness (QED) is 0.0499. The molecular weight excluding hydrogens is 735 g/mol. The van der Waals surface area contributed by atoms with Crippen LogP contribution in [0.2, 0.25) is 0 Å². The number of aromatic nitrogens is 3. The fourth-order valence-corrected chi connectivity index (χ4v) is 7.79. The van der Waals surface area contributed by atoms with Gasteiger partial charge in [0.2, 0.25) is 0 Å². The predicted octanol–water partition coefficient (Wildman–Crippen LogP) is 9.04. The van der Waals surface area contributed by atoms with E-state index in [-0.39, 0.29) is 38.5 Å². The topological polar surface area (TPSA) is 196 Å². The first-order valence-corrected chi connectivity index (χ1v) is 21.8. The van der Waals surface area contributed by atoms with E-state index in [2.05, 4.69) is 29.1 Å². The number of rotatable bonds is 29. The fourth-order valence-electron chi connectivity index (χ4n) is 6.93. The summed E-state index contributed by atoms with van der Waals surface area (Å²) < 4.78 is 48.7. The summed E-state index contributed by atoms with van der Waals surface area (Å²) in [5, 5.41) is 23.8. The van der Waals surface area contributed by atoms with Crippen LogP contribution in [0.4, 0.5) is 5.82 Å². The molecule has 3 heterocycles. The first-order valence-electron chi connectivity index (χ1n) is 20.3. The Morgan fingerprint density at radius 2 is 1.64 bits per heavy atom. The second kappa shape index (κ2) is 24.2. The molecule has 14 nitrogen and oxygen atoms in total. The van der Waals surface area contributed by atoms with Crippen molar-refractivity contribution in [3.63, 3.8) is 0 Å². The second-order valence-corrected chi connectivity index (χ2v) is 16.0. The van der Waals surface area contributed by atoms with Crippen molar-refractivity contribution >= 4 is 19.2 Å². The molecule has 0 bridgehead atoms. The van der Waals surface area contributed by atoms with Gasteiger partial charge in [-0.1, -0.05) is 103 Å². The Hall–Kier alpha value is -3.59. The number of hydrogen-bond donors (Lipinski definition) is 2. The number of phosphoric ester groups is 1. The van der Waals surface area contributed by atoms with Gasteiger partial charge in [-0.3, -0.25) is 9.05 Å². The molecule has 56 heavy (non-hydrogen) atoms. The number of nitrogens with zero attached hydrogens (tertiary/aromatic N) is 5. The third-order valence-electron chi connectivity index (χ3n) is 10.1. The van der Waals surface area contributed by atoms with E-state index in [1.807, 2.05) is 0 Å².